The molecular weight excluding hydrogens is 463 g/mol. The Morgan fingerprint density at radius 1 is 1.00 bits per heavy atom. The summed E-state index contributed by atoms with van der Waals surface area (Å²) in [5.74, 6) is -1.56. The summed E-state index contributed by atoms with van der Waals surface area (Å²) in [6, 6.07) is 16.7. The Morgan fingerprint density at radius 2 is 1.60 bits per heavy atom. The van der Waals surface area contributed by atoms with E-state index in [1.807, 2.05) is 48.5 Å². The van der Waals surface area contributed by atoms with E-state index in [1.54, 1.807) is 0 Å². The molecular formula is C26H22F3NO5. The standard InChI is InChI=1S/C26H22F3NO5/c1-34-23-11-10-16(26(27,28)29)12-15(23)13-22(24(31)32)30-25(33)35-14-21-19-8-4-2-6-17(19)18-7-3-5-9-20(18)21/h2-12,21-22H,13-14H2,1H3,(H,30,33)(H,31,32). The molecule has 3 aromatic carbocycles. The summed E-state index contributed by atoms with van der Waals surface area (Å²) in [5.41, 5.74) is 3.11. The van der Waals surface area contributed by atoms with E-state index in [9.17, 15) is 27.9 Å². The quantitative estimate of drug-likeness (QED) is 0.478. The van der Waals surface area contributed by atoms with Crippen molar-refractivity contribution in [1.29, 1.82) is 0 Å². The van der Waals surface area contributed by atoms with Crippen molar-refractivity contribution >= 4 is 12.1 Å². The number of carbonyl (C=O) groups is 2. The van der Waals surface area contributed by atoms with E-state index >= 15 is 0 Å². The van der Waals surface area contributed by atoms with Gasteiger partial charge in [-0.1, -0.05) is 48.5 Å². The summed E-state index contributed by atoms with van der Waals surface area (Å²) in [6.45, 7) is -0.0287. The van der Waals surface area contributed by atoms with E-state index in [2.05, 4.69) is 5.32 Å². The van der Waals surface area contributed by atoms with Crippen LogP contribution in [0.2, 0.25) is 0 Å². The van der Waals surface area contributed by atoms with Crippen molar-refractivity contribution in [2.75, 3.05) is 13.7 Å². The number of halogens is 3. The van der Waals surface area contributed by atoms with Gasteiger partial charge in [0.05, 0.1) is 12.7 Å². The lowest BCUT2D eigenvalue weighted by molar-refractivity contribution is -0.139. The van der Waals surface area contributed by atoms with Crippen LogP contribution in [-0.4, -0.2) is 36.9 Å². The van der Waals surface area contributed by atoms with Gasteiger partial charge in [0.1, 0.15) is 18.4 Å². The van der Waals surface area contributed by atoms with Gasteiger partial charge in [0.2, 0.25) is 0 Å². The molecule has 0 fully saturated rings. The molecule has 0 bridgehead atoms. The zero-order chi connectivity index (χ0) is 25.2. The van der Waals surface area contributed by atoms with Gasteiger partial charge in [-0.3, -0.25) is 0 Å². The molecule has 1 aliphatic carbocycles. The maximum Gasteiger partial charge on any atom is 0.416 e. The van der Waals surface area contributed by atoms with E-state index in [1.165, 1.54) is 7.11 Å². The zero-order valence-corrected chi connectivity index (χ0v) is 18.6. The largest absolute Gasteiger partial charge is 0.496 e. The van der Waals surface area contributed by atoms with Crippen molar-refractivity contribution in [3.05, 3.63) is 89.0 Å². The number of alkyl halides is 3. The second-order valence-corrected chi connectivity index (χ2v) is 8.09. The fourth-order valence-electron chi connectivity index (χ4n) is 4.32. The third-order valence-electron chi connectivity index (χ3n) is 5.97. The first-order valence-electron chi connectivity index (χ1n) is 10.8. The molecule has 1 aliphatic rings. The molecule has 0 spiro atoms. The fraction of sp³-hybridized carbons (Fsp3) is 0.231. The number of aliphatic carboxylic acids is 1. The van der Waals surface area contributed by atoms with Gasteiger partial charge in [-0.05, 0) is 46.0 Å². The van der Waals surface area contributed by atoms with Crippen molar-refractivity contribution in [2.45, 2.75) is 24.6 Å². The van der Waals surface area contributed by atoms with E-state index in [0.717, 1.165) is 40.5 Å². The minimum Gasteiger partial charge on any atom is -0.496 e. The van der Waals surface area contributed by atoms with Crippen LogP contribution in [-0.2, 0) is 22.1 Å². The predicted octanol–water partition coefficient (Wildman–Crippen LogP) is 5.25. The van der Waals surface area contributed by atoms with E-state index < -0.39 is 36.3 Å². The van der Waals surface area contributed by atoms with Crippen LogP contribution in [0.15, 0.2) is 66.7 Å². The van der Waals surface area contributed by atoms with E-state index in [4.69, 9.17) is 9.47 Å². The number of hydrogen-bond acceptors (Lipinski definition) is 4. The fourth-order valence-corrected chi connectivity index (χ4v) is 4.32. The number of fused-ring (bicyclic) bond motifs is 3. The van der Waals surface area contributed by atoms with Gasteiger partial charge < -0.3 is 19.9 Å². The molecule has 0 aliphatic heterocycles. The van der Waals surface area contributed by atoms with E-state index in [-0.39, 0.29) is 23.8 Å². The van der Waals surface area contributed by atoms with Gasteiger partial charge in [0.25, 0.3) is 0 Å². The molecule has 1 unspecified atom stereocenters. The Morgan fingerprint density at radius 3 is 2.14 bits per heavy atom. The first-order valence-corrected chi connectivity index (χ1v) is 10.8. The number of carboxylic acids is 1. The molecule has 1 amide bonds. The molecule has 0 saturated carbocycles. The molecule has 1 atom stereocenters. The summed E-state index contributed by atoms with van der Waals surface area (Å²) in [7, 11) is 1.26. The van der Waals surface area contributed by atoms with Crippen LogP contribution in [0.25, 0.3) is 11.1 Å². The smallest absolute Gasteiger partial charge is 0.416 e. The first-order chi connectivity index (χ1) is 16.7. The molecule has 0 aromatic heterocycles. The second kappa shape index (κ2) is 9.69. The number of ether oxygens (including phenoxy) is 2. The third-order valence-corrected chi connectivity index (χ3v) is 5.97. The number of hydrogen-bond donors (Lipinski definition) is 2. The number of benzene rings is 3. The lowest BCUT2D eigenvalue weighted by Gasteiger charge is -2.19. The molecule has 35 heavy (non-hydrogen) atoms. The summed E-state index contributed by atoms with van der Waals surface area (Å²) < 4.78 is 49.8. The Balaban J connectivity index is 1.47. The number of carbonyl (C=O) groups excluding carboxylic acids is 1. The lowest BCUT2D eigenvalue weighted by atomic mass is 9.98. The van der Waals surface area contributed by atoms with Crippen molar-refractivity contribution in [3.63, 3.8) is 0 Å². The third kappa shape index (κ3) is 5.08. The topological polar surface area (TPSA) is 84.9 Å². The molecule has 3 aromatic rings. The maximum absolute atomic E-state index is 13.1. The summed E-state index contributed by atoms with van der Waals surface area (Å²) in [4.78, 5) is 24.3. The summed E-state index contributed by atoms with van der Waals surface area (Å²) >= 11 is 0. The summed E-state index contributed by atoms with van der Waals surface area (Å²) in [6.07, 6.45) is -6.02. The second-order valence-electron chi connectivity index (χ2n) is 8.09. The van der Waals surface area contributed by atoms with Crippen molar-refractivity contribution in [1.82, 2.24) is 5.32 Å². The van der Waals surface area contributed by atoms with Crippen LogP contribution in [0.4, 0.5) is 18.0 Å². The van der Waals surface area contributed by atoms with Crippen molar-refractivity contribution in [2.24, 2.45) is 0 Å². The first kappa shape index (κ1) is 24.1. The SMILES string of the molecule is COc1ccc(C(F)(F)F)cc1CC(NC(=O)OCC1c2ccccc2-c2ccccc21)C(=O)O. The highest BCUT2D eigenvalue weighted by Gasteiger charge is 2.33. The average Bonchev–Trinajstić information content (AvgIpc) is 3.15. The van der Waals surface area contributed by atoms with Gasteiger partial charge in [0, 0.05) is 12.3 Å². The van der Waals surface area contributed by atoms with Crippen molar-refractivity contribution < 1.29 is 37.3 Å². The average molecular weight is 485 g/mol. The number of carboxylic acid groups (broad SMARTS) is 1. The van der Waals surface area contributed by atoms with Gasteiger partial charge in [-0.2, -0.15) is 13.2 Å². The molecule has 0 radical (unpaired) electrons. The Labute approximate surface area is 199 Å². The van der Waals surface area contributed by atoms with Crippen LogP contribution in [0, 0.1) is 0 Å². The number of nitrogens with one attached hydrogen (secondary N) is 1. The Hall–Kier alpha value is -4.01. The molecule has 182 valence electrons. The lowest BCUT2D eigenvalue weighted by Crippen LogP contribution is -2.43. The summed E-state index contributed by atoms with van der Waals surface area (Å²) in [5, 5.41) is 11.8. The normalized spacial score (nSPS) is 13.5. The monoisotopic (exact) mass is 485 g/mol. The van der Waals surface area contributed by atoms with Crippen LogP contribution in [0.1, 0.15) is 28.2 Å². The van der Waals surface area contributed by atoms with Crippen molar-refractivity contribution in [3.8, 4) is 16.9 Å². The van der Waals surface area contributed by atoms with Crippen LogP contribution >= 0.6 is 0 Å². The molecule has 0 saturated heterocycles. The van der Waals surface area contributed by atoms with Gasteiger partial charge in [0.15, 0.2) is 0 Å². The van der Waals surface area contributed by atoms with Crippen LogP contribution < -0.4 is 10.1 Å². The maximum atomic E-state index is 13.1. The minimum absolute atomic E-state index is 0.00586. The van der Waals surface area contributed by atoms with Gasteiger partial charge in [-0.15, -0.1) is 0 Å². The predicted molar refractivity (Wildman–Crippen MR) is 121 cm³/mol. The zero-order valence-electron chi connectivity index (χ0n) is 18.6. The number of amides is 1. The number of methoxy groups -OCH3 is 1. The molecule has 9 heteroatoms. The van der Waals surface area contributed by atoms with Crippen LogP contribution in [0.3, 0.4) is 0 Å². The Bertz CT molecular complexity index is 1210. The molecule has 2 N–H and O–H groups in total. The highest BCUT2D eigenvalue weighted by molar-refractivity contribution is 5.81. The number of rotatable bonds is 7. The van der Waals surface area contributed by atoms with Gasteiger partial charge in [-0.25, -0.2) is 9.59 Å². The van der Waals surface area contributed by atoms with E-state index in [0.29, 0.717) is 0 Å². The van der Waals surface area contributed by atoms with Crippen LogP contribution in [0.5, 0.6) is 5.75 Å². The molecule has 4 rings (SSSR count). The highest BCUT2D eigenvalue weighted by Crippen LogP contribution is 2.44. The minimum atomic E-state index is -4.61. The van der Waals surface area contributed by atoms with Gasteiger partial charge >= 0.3 is 18.2 Å². The molecule has 0 heterocycles. The number of alkyl carbamates (subject to hydrolysis) is 1. The highest BCUT2D eigenvalue weighted by atomic mass is 19.4. The molecule has 6 nitrogen and oxygen atoms in total. The Kier molecular flexibility index (Phi) is 6.68.